The second-order valence-corrected chi connectivity index (χ2v) is 5.79. The van der Waals surface area contributed by atoms with Gasteiger partial charge in [0.05, 0.1) is 17.3 Å². The summed E-state index contributed by atoms with van der Waals surface area (Å²) in [5.74, 6) is 0.125. The fraction of sp³-hybridized carbons (Fsp3) is 0.333. The Morgan fingerprint density at radius 2 is 1.62 bits per heavy atom. The number of benzene rings is 1. The van der Waals surface area contributed by atoms with E-state index in [1.807, 2.05) is 31.2 Å². The Hall–Kier alpha value is -2.16. The van der Waals surface area contributed by atoms with E-state index in [0.29, 0.717) is 17.3 Å². The number of ketones is 1. The van der Waals surface area contributed by atoms with Crippen molar-refractivity contribution in [2.45, 2.75) is 39.5 Å². The number of nitrogens with zero attached hydrogens (tertiary/aromatic N) is 1. The van der Waals surface area contributed by atoms with Crippen LogP contribution in [0.1, 0.15) is 55.1 Å². The molecule has 0 spiro atoms. The number of rotatable bonds is 4. The molecule has 1 unspecified atom stereocenters. The quantitative estimate of drug-likeness (QED) is 0.927. The Labute approximate surface area is 126 Å². The maximum Gasteiger partial charge on any atom is 0.143 e. The van der Waals surface area contributed by atoms with Gasteiger partial charge in [0, 0.05) is 5.69 Å². The molecule has 0 aliphatic rings. The van der Waals surface area contributed by atoms with Crippen molar-refractivity contribution in [1.29, 1.82) is 0 Å². The molecule has 1 atom stereocenters. The van der Waals surface area contributed by atoms with Crippen LogP contribution in [0.5, 0.6) is 0 Å². The predicted octanol–water partition coefficient (Wildman–Crippen LogP) is 3.82. The van der Waals surface area contributed by atoms with Crippen LogP contribution in [0.3, 0.4) is 0 Å². The molecule has 0 aliphatic heterocycles. The number of Topliss-reactive ketones (excluding diaryl/α,β-unsaturated/α-hetero) is 1. The summed E-state index contributed by atoms with van der Waals surface area (Å²) in [4.78, 5) is 16.6. The maximum absolute atomic E-state index is 12.1. The van der Waals surface area contributed by atoms with Gasteiger partial charge in [-0.2, -0.15) is 0 Å². The van der Waals surface area contributed by atoms with E-state index in [2.05, 4.69) is 31.0 Å². The largest absolute Gasteiger partial charge is 0.397 e. The smallest absolute Gasteiger partial charge is 0.143 e. The summed E-state index contributed by atoms with van der Waals surface area (Å²) in [6.07, 6.45) is 0. The number of carbonyl (C=O) groups excluding carboxylic acids is 1. The third-order valence-electron chi connectivity index (χ3n) is 3.71. The maximum atomic E-state index is 12.1. The van der Waals surface area contributed by atoms with Crippen molar-refractivity contribution in [3.63, 3.8) is 0 Å². The van der Waals surface area contributed by atoms with Gasteiger partial charge in [0.1, 0.15) is 5.78 Å². The lowest BCUT2D eigenvalue weighted by atomic mass is 9.89. The minimum absolute atomic E-state index is 0.0529. The Kier molecular flexibility index (Phi) is 4.41. The van der Waals surface area contributed by atoms with Crippen LogP contribution >= 0.6 is 0 Å². The zero-order valence-corrected chi connectivity index (χ0v) is 13.1. The molecule has 1 aromatic heterocycles. The number of anilines is 1. The summed E-state index contributed by atoms with van der Waals surface area (Å²) in [5.41, 5.74) is 10.3. The molecule has 0 bridgehead atoms. The van der Waals surface area contributed by atoms with Crippen molar-refractivity contribution >= 4 is 11.5 Å². The minimum Gasteiger partial charge on any atom is -0.397 e. The monoisotopic (exact) mass is 282 g/mol. The lowest BCUT2D eigenvalue weighted by Gasteiger charge is -2.17. The number of nitrogens with two attached hydrogens (primary N) is 1. The summed E-state index contributed by atoms with van der Waals surface area (Å²) in [7, 11) is 0. The first-order valence-corrected chi connectivity index (χ1v) is 7.23. The van der Waals surface area contributed by atoms with Crippen molar-refractivity contribution in [3.8, 4) is 0 Å². The number of hydrogen-bond donors (Lipinski definition) is 1. The predicted molar refractivity (Wildman–Crippen MR) is 86.4 cm³/mol. The van der Waals surface area contributed by atoms with Gasteiger partial charge < -0.3 is 5.73 Å². The molecule has 3 heteroatoms. The molecule has 3 nitrogen and oxygen atoms in total. The number of pyridine rings is 1. The Balaban J connectivity index is 2.48. The molecule has 0 amide bonds. The van der Waals surface area contributed by atoms with E-state index >= 15 is 0 Å². The van der Waals surface area contributed by atoms with Crippen LogP contribution in [0.15, 0.2) is 36.4 Å². The standard InChI is InChI=1S/C18H22N2O/c1-11(2)14-6-8-15(9-7-14)17(13(4)21)18-16(19)10-5-12(3)20-18/h5-11,17H,19H2,1-4H3. The van der Waals surface area contributed by atoms with E-state index in [1.54, 1.807) is 6.92 Å². The van der Waals surface area contributed by atoms with E-state index in [4.69, 9.17) is 5.73 Å². The van der Waals surface area contributed by atoms with E-state index in [-0.39, 0.29) is 5.78 Å². The highest BCUT2D eigenvalue weighted by atomic mass is 16.1. The summed E-state index contributed by atoms with van der Waals surface area (Å²) in [6, 6.07) is 11.8. The lowest BCUT2D eigenvalue weighted by Crippen LogP contribution is -2.15. The average Bonchev–Trinajstić information content (AvgIpc) is 2.43. The highest BCUT2D eigenvalue weighted by Crippen LogP contribution is 2.29. The van der Waals surface area contributed by atoms with Crippen molar-refractivity contribution in [2.75, 3.05) is 5.73 Å². The summed E-state index contributed by atoms with van der Waals surface area (Å²) in [5, 5.41) is 0. The van der Waals surface area contributed by atoms with Crippen LogP contribution in [-0.4, -0.2) is 10.8 Å². The molecule has 110 valence electrons. The van der Waals surface area contributed by atoms with Gasteiger partial charge in [-0.1, -0.05) is 38.1 Å². The molecule has 0 saturated heterocycles. The van der Waals surface area contributed by atoms with Crippen LogP contribution in [0.2, 0.25) is 0 Å². The van der Waals surface area contributed by atoms with Crippen LogP contribution in [-0.2, 0) is 4.79 Å². The zero-order valence-electron chi connectivity index (χ0n) is 13.1. The fourth-order valence-corrected chi connectivity index (χ4v) is 2.48. The minimum atomic E-state index is -0.397. The van der Waals surface area contributed by atoms with Crippen molar-refractivity contribution in [2.24, 2.45) is 0 Å². The average molecular weight is 282 g/mol. The van der Waals surface area contributed by atoms with Crippen molar-refractivity contribution in [3.05, 3.63) is 58.9 Å². The molecule has 0 saturated carbocycles. The molecule has 2 N–H and O–H groups in total. The van der Waals surface area contributed by atoms with Gasteiger partial charge in [0.2, 0.25) is 0 Å². The van der Waals surface area contributed by atoms with Gasteiger partial charge in [0.15, 0.2) is 0 Å². The first-order valence-electron chi connectivity index (χ1n) is 7.23. The number of hydrogen-bond acceptors (Lipinski definition) is 3. The highest BCUT2D eigenvalue weighted by molar-refractivity contribution is 5.87. The second-order valence-electron chi connectivity index (χ2n) is 5.79. The second kappa shape index (κ2) is 6.08. The molecular formula is C18H22N2O. The SMILES string of the molecule is CC(=O)C(c1ccc(C(C)C)cc1)c1nc(C)ccc1N. The van der Waals surface area contributed by atoms with Gasteiger partial charge >= 0.3 is 0 Å². The van der Waals surface area contributed by atoms with E-state index in [0.717, 1.165) is 11.3 Å². The molecule has 1 aromatic carbocycles. The molecule has 0 fully saturated rings. The van der Waals surface area contributed by atoms with Gasteiger partial charge in [-0.05, 0) is 43.0 Å². The van der Waals surface area contributed by atoms with E-state index in [9.17, 15) is 4.79 Å². The van der Waals surface area contributed by atoms with Crippen molar-refractivity contribution < 1.29 is 4.79 Å². The first-order chi connectivity index (χ1) is 9.90. The first kappa shape index (κ1) is 15.2. The van der Waals surface area contributed by atoms with Crippen LogP contribution < -0.4 is 5.73 Å². The van der Waals surface area contributed by atoms with Crippen LogP contribution in [0.4, 0.5) is 5.69 Å². The van der Waals surface area contributed by atoms with Gasteiger partial charge in [0.25, 0.3) is 0 Å². The normalized spacial score (nSPS) is 12.4. The number of nitrogen functional groups attached to an aromatic ring is 1. The molecule has 0 aliphatic carbocycles. The summed E-state index contributed by atoms with van der Waals surface area (Å²) < 4.78 is 0. The van der Waals surface area contributed by atoms with E-state index < -0.39 is 5.92 Å². The molecule has 0 radical (unpaired) electrons. The Bertz CT molecular complexity index is 645. The molecule has 21 heavy (non-hydrogen) atoms. The molecular weight excluding hydrogens is 260 g/mol. The Morgan fingerprint density at radius 1 is 1.05 bits per heavy atom. The molecule has 2 rings (SSSR count). The summed E-state index contributed by atoms with van der Waals surface area (Å²) >= 11 is 0. The van der Waals surface area contributed by atoms with Gasteiger partial charge in [-0.3, -0.25) is 9.78 Å². The zero-order chi connectivity index (χ0) is 15.6. The number of aromatic nitrogens is 1. The molecule has 2 aromatic rings. The van der Waals surface area contributed by atoms with Crippen LogP contribution in [0.25, 0.3) is 0 Å². The Morgan fingerprint density at radius 3 is 2.14 bits per heavy atom. The van der Waals surface area contributed by atoms with Gasteiger partial charge in [-0.25, -0.2) is 0 Å². The van der Waals surface area contributed by atoms with Crippen LogP contribution in [0, 0.1) is 6.92 Å². The third-order valence-corrected chi connectivity index (χ3v) is 3.71. The fourth-order valence-electron chi connectivity index (χ4n) is 2.48. The number of aryl methyl sites for hydroxylation is 1. The molecule has 1 heterocycles. The lowest BCUT2D eigenvalue weighted by molar-refractivity contribution is -0.117. The van der Waals surface area contributed by atoms with E-state index in [1.165, 1.54) is 5.56 Å². The van der Waals surface area contributed by atoms with Crippen molar-refractivity contribution in [1.82, 2.24) is 4.98 Å². The summed E-state index contributed by atoms with van der Waals surface area (Å²) in [6.45, 7) is 7.79. The van der Waals surface area contributed by atoms with Gasteiger partial charge in [-0.15, -0.1) is 0 Å². The highest BCUT2D eigenvalue weighted by Gasteiger charge is 2.23. The topological polar surface area (TPSA) is 56.0 Å². The number of carbonyl (C=O) groups is 1. The third kappa shape index (κ3) is 3.30.